The molecule has 17 rings (SSSR count). The Morgan fingerprint density at radius 3 is 0.835 bits per heavy atom. The van der Waals surface area contributed by atoms with Crippen LogP contribution in [0.4, 0.5) is 0 Å². The fourth-order valence-electron chi connectivity index (χ4n) is 13.5. The van der Waals surface area contributed by atoms with Crippen LogP contribution in [0.5, 0.6) is 0 Å². The lowest BCUT2D eigenvalue weighted by molar-refractivity contribution is 1.04. The first-order valence-corrected chi connectivity index (χ1v) is 26.8. The second kappa shape index (κ2) is 16.5. The molecule has 0 radical (unpaired) electrons. The normalized spacial score (nSPS) is 12.0. The van der Waals surface area contributed by atoms with Crippen LogP contribution in [0.25, 0.3) is 149 Å². The van der Waals surface area contributed by atoms with E-state index in [4.69, 9.17) is 0 Å². The molecule has 17 aromatic rings. The maximum atomic E-state index is 12.9. The molecule has 79 heavy (non-hydrogen) atoms. The summed E-state index contributed by atoms with van der Waals surface area (Å²) in [5.74, 6) is 0. The fraction of sp³-hybridized carbons (Fsp3) is 0. The molecule has 0 spiro atoms. The molecule has 0 saturated carbocycles. The molecule has 7 nitrogen and oxygen atoms in total. The van der Waals surface area contributed by atoms with Gasteiger partial charge in [0.15, 0.2) is 0 Å². The van der Waals surface area contributed by atoms with Gasteiger partial charge < -0.3 is 22.8 Å². The molecule has 0 fully saturated rings. The van der Waals surface area contributed by atoms with Crippen LogP contribution in [0.15, 0.2) is 261 Å². The third kappa shape index (κ3) is 5.92. The Hall–Kier alpha value is -10.9. The molecule has 6 heterocycles. The third-order valence-corrected chi connectivity index (χ3v) is 16.6. The molecule has 0 amide bonds. The largest absolute Gasteiger partial charge is 0.308 e. The topological polar surface area (TPSA) is 61.3 Å². The van der Waals surface area contributed by atoms with E-state index in [1.54, 1.807) is 0 Å². The van der Waals surface area contributed by atoms with Crippen LogP contribution < -0.4 is 0 Å². The Kier molecular flexibility index (Phi) is 9.06. The minimum atomic E-state index is 0.532. The van der Waals surface area contributed by atoms with Crippen molar-refractivity contribution in [3.63, 3.8) is 0 Å². The number of pyridine rings is 1. The molecule has 0 N–H and O–H groups in total. The van der Waals surface area contributed by atoms with Gasteiger partial charge in [0, 0.05) is 71.3 Å². The summed E-state index contributed by atoms with van der Waals surface area (Å²) >= 11 is 0. The van der Waals surface area contributed by atoms with Crippen molar-refractivity contribution in [1.29, 1.82) is 5.26 Å². The molecule has 0 aliphatic heterocycles. The molecule has 0 atom stereocenters. The van der Waals surface area contributed by atoms with Gasteiger partial charge in [-0.1, -0.05) is 176 Å². The van der Waals surface area contributed by atoms with Gasteiger partial charge in [0.25, 0.3) is 0 Å². The smallest absolute Gasteiger partial charge is 0.104 e. The number of para-hydroxylation sites is 9. The van der Waals surface area contributed by atoms with E-state index in [0.29, 0.717) is 5.56 Å². The van der Waals surface area contributed by atoms with E-state index in [1.165, 1.54) is 5.39 Å². The van der Waals surface area contributed by atoms with Gasteiger partial charge in [0.05, 0.1) is 84.1 Å². The standard InChI is InChI=1S/C72H43N7/c73-43-57-69(76-59-29-11-2-19-47(59)48-20-3-12-30-60(48)76)71(78-63-33-15-6-23-51(63)52-24-7-16-34-64(52)78)68(45-37-39-46(40-38-45)75-58-28-10-1-27-55(58)56-41-42-74-44-67(56)75)72(79-65-35-17-8-25-53(65)54-26-9-18-36-66(54)79)70(57)77-61-31-13-4-21-49(61)50-22-5-14-32-62(50)77/h1-42,44H. The molecule has 0 aliphatic rings. The van der Waals surface area contributed by atoms with E-state index in [1.807, 2.05) is 12.4 Å². The van der Waals surface area contributed by atoms with E-state index in [2.05, 4.69) is 283 Å². The van der Waals surface area contributed by atoms with E-state index in [9.17, 15) is 5.26 Å². The van der Waals surface area contributed by atoms with Crippen molar-refractivity contribution < 1.29 is 0 Å². The van der Waals surface area contributed by atoms with Crippen LogP contribution in [-0.4, -0.2) is 27.8 Å². The lowest BCUT2D eigenvalue weighted by Crippen LogP contribution is -2.16. The quantitative estimate of drug-likeness (QED) is 0.167. The Morgan fingerprint density at radius 2 is 0.532 bits per heavy atom. The van der Waals surface area contributed by atoms with Crippen LogP contribution in [0.1, 0.15) is 5.56 Å². The van der Waals surface area contributed by atoms with Gasteiger partial charge in [0.1, 0.15) is 11.6 Å². The molecule has 0 aliphatic carbocycles. The number of aromatic nitrogens is 6. The predicted octanol–water partition coefficient (Wildman–Crippen LogP) is 18.1. The average Bonchev–Trinajstić information content (AvgIpc) is 4.10. The highest BCUT2D eigenvalue weighted by molar-refractivity contribution is 6.17. The van der Waals surface area contributed by atoms with E-state index in [-0.39, 0.29) is 0 Å². The minimum Gasteiger partial charge on any atom is -0.308 e. The van der Waals surface area contributed by atoms with Gasteiger partial charge in [-0.25, -0.2) is 0 Å². The number of nitriles is 1. The number of nitrogens with zero attached hydrogens (tertiary/aromatic N) is 7. The van der Waals surface area contributed by atoms with Gasteiger partial charge in [0.2, 0.25) is 0 Å². The Labute approximate surface area is 452 Å². The lowest BCUT2D eigenvalue weighted by Gasteiger charge is -2.29. The van der Waals surface area contributed by atoms with Gasteiger partial charge in [-0.15, -0.1) is 0 Å². The highest BCUT2D eigenvalue weighted by Gasteiger charge is 2.35. The summed E-state index contributed by atoms with van der Waals surface area (Å²) in [6, 6.07) is 92.5. The maximum absolute atomic E-state index is 12.9. The SMILES string of the molecule is N#Cc1c(-n2c3ccccc3c3ccccc32)c(-n2c3ccccc3c3ccccc32)c(-c2ccc(-n3c4ccccc4c4ccncc43)cc2)c(-n2c3ccccc3c3ccccc32)c1-n1c2ccccc2c2ccccc21. The number of fused-ring (bicyclic) bond motifs is 15. The van der Waals surface area contributed by atoms with Gasteiger partial charge in [-0.05, 0) is 78.4 Å². The molecule has 0 unspecified atom stereocenters. The average molecular weight is 1010 g/mol. The molecule has 6 aromatic heterocycles. The van der Waals surface area contributed by atoms with Crippen LogP contribution in [0.2, 0.25) is 0 Å². The zero-order chi connectivity index (χ0) is 51.9. The zero-order valence-electron chi connectivity index (χ0n) is 42.5. The summed E-state index contributed by atoms with van der Waals surface area (Å²) in [6.07, 6.45) is 3.85. The van der Waals surface area contributed by atoms with Crippen LogP contribution in [0, 0.1) is 11.3 Å². The number of hydrogen-bond acceptors (Lipinski definition) is 2. The monoisotopic (exact) mass is 1010 g/mol. The molecule has 366 valence electrons. The highest BCUT2D eigenvalue weighted by Crippen LogP contribution is 2.52. The van der Waals surface area contributed by atoms with Crippen molar-refractivity contribution in [2.75, 3.05) is 0 Å². The maximum Gasteiger partial charge on any atom is 0.104 e. The van der Waals surface area contributed by atoms with Crippen molar-refractivity contribution in [2.24, 2.45) is 0 Å². The number of hydrogen-bond donors (Lipinski definition) is 0. The van der Waals surface area contributed by atoms with Crippen LogP contribution >= 0.6 is 0 Å². The Bertz CT molecular complexity index is 4940. The first-order valence-electron chi connectivity index (χ1n) is 26.8. The highest BCUT2D eigenvalue weighted by atomic mass is 15.1. The minimum absolute atomic E-state index is 0.532. The van der Waals surface area contributed by atoms with Crippen LogP contribution in [0.3, 0.4) is 0 Å². The van der Waals surface area contributed by atoms with Gasteiger partial charge in [-0.3, -0.25) is 4.98 Å². The van der Waals surface area contributed by atoms with Crippen molar-refractivity contribution in [1.82, 2.24) is 27.8 Å². The Balaban J connectivity index is 1.17. The first-order chi connectivity index (χ1) is 39.2. The van der Waals surface area contributed by atoms with Crippen molar-refractivity contribution >= 4 is 109 Å². The summed E-state index contributed by atoms with van der Waals surface area (Å²) in [5, 5.41) is 24.1. The van der Waals surface area contributed by atoms with Gasteiger partial charge >= 0.3 is 0 Å². The number of rotatable bonds is 6. The first kappa shape index (κ1) is 43.3. The lowest BCUT2D eigenvalue weighted by atomic mass is 9.93. The molecule has 0 saturated heterocycles. The third-order valence-electron chi connectivity index (χ3n) is 16.6. The summed E-state index contributed by atoms with van der Waals surface area (Å²) < 4.78 is 12.0. The fourth-order valence-corrected chi connectivity index (χ4v) is 13.5. The second-order valence-corrected chi connectivity index (χ2v) is 20.5. The summed E-state index contributed by atoms with van der Waals surface area (Å²) in [5.41, 5.74) is 17.1. The van der Waals surface area contributed by atoms with E-state index in [0.717, 1.165) is 143 Å². The zero-order valence-corrected chi connectivity index (χ0v) is 42.5. The summed E-state index contributed by atoms with van der Waals surface area (Å²) in [4.78, 5) is 4.65. The van der Waals surface area contributed by atoms with Crippen molar-refractivity contribution in [2.45, 2.75) is 0 Å². The molecule has 11 aromatic carbocycles. The van der Waals surface area contributed by atoms with Crippen molar-refractivity contribution in [3.05, 3.63) is 267 Å². The molecular weight excluding hydrogens is 963 g/mol. The summed E-state index contributed by atoms with van der Waals surface area (Å²) in [6.45, 7) is 0. The predicted molar refractivity (Wildman–Crippen MR) is 326 cm³/mol. The van der Waals surface area contributed by atoms with Gasteiger partial charge in [-0.2, -0.15) is 5.26 Å². The van der Waals surface area contributed by atoms with E-state index >= 15 is 0 Å². The molecular formula is C72H43N7. The van der Waals surface area contributed by atoms with Crippen LogP contribution in [-0.2, 0) is 0 Å². The van der Waals surface area contributed by atoms with Crippen molar-refractivity contribution in [3.8, 4) is 45.6 Å². The summed E-state index contributed by atoms with van der Waals surface area (Å²) in [7, 11) is 0. The molecule has 0 bridgehead atoms. The number of benzene rings is 11. The second-order valence-electron chi connectivity index (χ2n) is 20.5. The Morgan fingerprint density at radius 1 is 0.266 bits per heavy atom. The molecule has 7 heteroatoms. The van der Waals surface area contributed by atoms with E-state index < -0.39 is 0 Å².